The van der Waals surface area contributed by atoms with Crippen LogP contribution < -0.4 is 0 Å². The van der Waals surface area contributed by atoms with Gasteiger partial charge in [0.25, 0.3) is 0 Å². The Morgan fingerprint density at radius 1 is 1.00 bits per heavy atom. The molecule has 1 saturated heterocycles. The van der Waals surface area contributed by atoms with Crippen molar-refractivity contribution in [3.63, 3.8) is 0 Å². The molecule has 2 aliphatic rings. The molecule has 0 amide bonds. The molecule has 0 unspecified atom stereocenters. The van der Waals surface area contributed by atoms with E-state index in [0.717, 1.165) is 6.04 Å². The van der Waals surface area contributed by atoms with Crippen LogP contribution in [0.3, 0.4) is 0 Å². The lowest BCUT2D eigenvalue weighted by molar-refractivity contribution is -0.938. The van der Waals surface area contributed by atoms with Crippen LogP contribution in [-0.4, -0.2) is 30.2 Å². The van der Waals surface area contributed by atoms with E-state index in [1.165, 1.54) is 62.6 Å². The second-order valence-electron chi connectivity index (χ2n) is 4.63. The van der Waals surface area contributed by atoms with Crippen molar-refractivity contribution in [2.24, 2.45) is 0 Å². The normalized spacial score (nSPS) is 29.8. The zero-order valence-electron chi connectivity index (χ0n) is 8.39. The Morgan fingerprint density at radius 3 is 2.08 bits per heavy atom. The summed E-state index contributed by atoms with van der Waals surface area (Å²) in [6.07, 6.45) is 9.03. The lowest BCUT2D eigenvalue weighted by atomic mass is 10.1. The van der Waals surface area contributed by atoms with Crippen molar-refractivity contribution in [2.75, 3.05) is 19.6 Å². The van der Waals surface area contributed by atoms with Gasteiger partial charge in [0.2, 0.25) is 0 Å². The quantitative estimate of drug-likeness (QED) is 0.556. The van der Waals surface area contributed by atoms with Crippen molar-refractivity contribution >= 4 is 0 Å². The predicted octanol–water partition coefficient (Wildman–Crippen LogP) is 2.56. The Labute approximate surface area is 76.3 Å². The minimum atomic E-state index is 1.05. The maximum absolute atomic E-state index is 2.39. The van der Waals surface area contributed by atoms with Crippen molar-refractivity contribution < 1.29 is 4.48 Å². The zero-order valence-corrected chi connectivity index (χ0v) is 8.39. The summed E-state index contributed by atoms with van der Waals surface area (Å²) < 4.78 is 1.49. The topological polar surface area (TPSA) is 0 Å². The molecule has 0 atom stereocenters. The minimum Gasteiger partial charge on any atom is -0.321 e. The Balaban J connectivity index is 2.04. The summed E-state index contributed by atoms with van der Waals surface area (Å²) in [6, 6.07) is 1.05. The Morgan fingerprint density at radius 2 is 1.58 bits per heavy atom. The van der Waals surface area contributed by atoms with Crippen LogP contribution in [0.25, 0.3) is 0 Å². The van der Waals surface area contributed by atoms with Gasteiger partial charge in [-0.1, -0.05) is 0 Å². The van der Waals surface area contributed by atoms with Gasteiger partial charge in [0.15, 0.2) is 0 Å². The minimum absolute atomic E-state index is 1.05. The smallest absolute Gasteiger partial charge is 0.0890 e. The highest BCUT2D eigenvalue weighted by molar-refractivity contribution is 4.71. The fourth-order valence-electron chi connectivity index (χ4n) is 3.36. The summed E-state index contributed by atoms with van der Waals surface area (Å²) in [5.41, 5.74) is 0. The fourth-order valence-corrected chi connectivity index (χ4v) is 3.36. The van der Waals surface area contributed by atoms with Gasteiger partial charge in [0, 0.05) is 12.8 Å². The first-order valence-electron chi connectivity index (χ1n) is 5.73. The van der Waals surface area contributed by atoms with E-state index in [1.807, 2.05) is 0 Å². The molecule has 2 rings (SSSR count). The first-order valence-corrected chi connectivity index (χ1v) is 5.73. The summed E-state index contributed by atoms with van der Waals surface area (Å²) in [5.74, 6) is 0. The maximum Gasteiger partial charge on any atom is 0.0890 e. The standard InChI is InChI=1S/C11H22N/c1-2-12(9-5-6-10-12)11-7-3-4-8-11/h11H,2-10H2,1H3/q+1. The molecule has 0 radical (unpaired) electrons. The van der Waals surface area contributed by atoms with Crippen LogP contribution in [-0.2, 0) is 0 Å². The van der Waals surface area contributed by atoms with E-state index in [4.69, 9.17) is 0 Å². The number of nitrogens with zero attached hydrogens (tertiary/aromatic N) is 1. The van der Waals surface area contributed by atoms with Gasteiger partial charge in [-0.25, -0.2) is 0 Å². The SMILES string of the molecule is CC[N+]1(C2CCCC2)CCCC1. The Hall–Kier alpha value is -0.0400. The van der Waals surface area contributed by atoms with E-state index in [9.17, 15) is 0 Å². The summed E-state index contributed by atoms with van der Waals surface area (Å²) >= 11 is 0. The van der Waals surface area contributed by atoms with Crippen LogP contribution in [0, 0.1) is 0 Å². The van der Waals surface area contributed by atoms with Crippen molar-refractivity contribution in [3.8, 4) is 0 Å². The van der Waals surface area contributed by atoms with Crippen LogP contribution in [0.2, 0.25) is 0 Å². The molecule has 1 aliphatic carbocycles. The summed E-state index contributed by atoms with van der Waals surface area (Å²) in [4.78, 5) is 0. The highest BCUT2D eigenvalue weighted by Gasteiger charge is 2.39. The number of rotatable bonds is 2. The molecule has 1 saturated carbocycles. The molecule has 0 aromatic rings. The molecule has 1 heteroatoms. The first kappa shape index (κ1) is 8.55. The second kappa shape index (κ2) is 3.37. The average molecular weight is 168 g/mol. The van der Waals surface area contributed by atoms with Crippen LogP contribution in [0.15, 0.2) is 0 Å². The third-order valence-corrected chi connectivity index (χ3v) is 4.19. The molecule has 70 valence electrons. The summed E-state index contributed by atoms with van der Waals surface area (Å²) in [7, 11) is 0. The fraction of sp³-hybridized carbons (Fsp3) is 1.00. The monoisotopic (exact) mass is 168 g/mol. The van der Waals surface area contributed by atoms with Crippen LogP contribution in [0.4, 0.5) is 0 Å². The number of hydrogen-bond donors (Lipinski definition) is 0. The van der Waals surface area contributed by atoms with Crippen LogP contribution >= 0.6 is 0 Å². The highest BCUT2D eigenvalue weighted by atomic mass is 15.4. The third kappa shape index (κ3) is 1.28. The van der Waals surface area contributed by atoms with Gasteiger partial charge >= 0.3 is 0 Å². The maximum atomic E-state index is 2.39. The molecule has 2 fully saturated rings. The van der Waals surface area contributed by atoms with Crippen LogP contribution in [0.1, 0.15) is 45.4 Å². The van der Waals surface area contributed by atoms with Crippen molar-refractivity contribution in [2.45, 2.75) is 51.5 Å². The van der Waals surface area contributed by atoms with E-state index >= 15 is 0 Å². The molecule has 1 heterocycles. The van der Waals surface area contributed by atoms with E-state index in [0.29, 0.717) is 0 Å². The van der Waals surface area contributed by atoms with E-state index < -0.39 is 0 Å². The largest absolute Gasteiger partial charge is 0.321 e. The molecule has 0 N–H and O–H groups in total. The zero-order chi connectivity index (χ0) is 8.44. The van der Waals surface area contributed by atoms with Gasteiger partial charge in [-0.15, -0.1) is 0 Å². The van der Waals surface area contributed by atoms with Gasteiger partial charge in [-0.05, 0) is 32.6 Å². The van der Waals surface area contributed by atoms with E-state index in [2.05, 4.69) is 6.92 Å². The van der Waals surface area contributed by atoms with E-state index in [-0.39, 0.29) is 0 Å². The Kier molecular flexibility index (Phi) is 2.40. The van der Waals surface area contributed by atoms with Gasteiger partial charge < -0.3 is 4.48 Å². The van der Waals surface area contributed by atoms with Gasteiger partial charge in [-0.3, -0.25) is 0 Å². The van der Waals surface area contributed by atoms with Crippen LogP contribution in [0.5, 0.6) is 0 Å². The molecular weight excluding hydrogens is 146 g/mol. The first-order chi connectivity index (χ1) is 5.87. The number of hydrogen-bond acceptors (Lipinski definition) is 0. The molecule has 1 aliphatic heterocycles. The molecule has 12 heavy (non-hydrogen) atoms. The Bertz CT molecular complexity index is 141. The van der Waals surface area contributed by atoms with Gasteiger partial charge in [0.1, 0.15) is 0 Å². The molecule has 0 aromatic carbocycles. The lowest BCUT2D eigenvalue weighted by Gasteiger charge is -2.39. The highest BCUT2D eigenvalue weighted by Crippen LogP contribution is 2.33. The van der Waals surface area contributed by atoms with Crippen molar-refractivity contribution in [1.82, 2.24) is 0 Å². The second-order valence-corrected chi connectivity index (χ2v) is 4.63. The van der Waals surface area contributed by atoms with Crippen molar-refractivity contribution in [3.05, 3.63) is 0 Å². The van der Waals surface area contributed by atoms with Gasteiger partial charge in [0.05, 0.1) is 25.7 Å². The molecule has 0 aromatic heterocycles. The molecular formula is C11H22N+. The summed E-state index contributed by atoms with van der Waals surface area (Å²) in [5, 5.41) is 0. The predicted molar refractivity (Wildman–Crippen MR) is 52.0 cm³/mol. The summed E-state index contributed by atoms with van der Waals surface area (Å²) in [6.45, 7) is 6.76. The molecule has 1 nitrogen and oxygen atoms in total. The third-order valence-electron chi connectivity index (χ3n) is 4.19. The lowest BCUT2D eigenvalue weighted by Crippen LogP contribution is -2.51. The molecule has 0 spiro atoms. The van der Waals surface area contributed by atoms with Gasteiger partial charge in [-0.2, -0.15) is 0 Å². The van der Waals surface area contributed by atoms with E-state index in [1.54, 1.807) is 0 Å². The number of quaternary nitrogens is 1. The van der Waals surface area contributed by atoms with Crippen molar-refractivity contribution in [1.29, 1.82) is 0 Å². The molecule has 0 bridgehead atoms. The number of likely N-dealkylation sites (tertiary alicyclic amines) is 1. The average Bonchev–Trinajstić information content (AvgIpc) is 2.76.